The van der Waals surface area contributed by atoms with Crippen molar-refractivity contribution >= 4 is 54.2 Å². The maximum Gasteiger partial charge on any atom is 0.393 e. The van der Waals surface area contributed by atoms with Crippen LogP contribution in [0.2, 0.25) is 0 Å². The molecule has 15 heteroatoms. The number of fused-ring (bicyclic) bond motifs is 2. The summed E-state index contributed by atoms with van der Waals surface area (Å²) in [5.41, 5.74) is 3.52. The molecule has 4 aromatic rings. The second-order valence-electron chi connectivity index (χ2n) is 13.3. The zero-order valence-electron chi connectivity index (χ0n) is 26.8. The molecule has 1 saturated carbocycles. The normalized spacial score (nSPS) is 21.2. The second kappa shape index (κ2) is 12.5. The Bertz CT molecular complexity index is 1950. The molecule has 6 rings (SSSR count). The van der Waals surface area contributed by atoms with Crippen molar-refractivity contribution in [3.63, 3.8) is 0 Å². The molecule has 47 heavy (non-hydrogen) atoms. The van der Waals surface area contributed by atoms with Crippen LogP contribution in [-0.4, -0.2) is 72.0 Å². The van der Waals surface area contributed by atoms with E-state index in [1.165, 1.54) is 11.8 Å². The minimum absolute atomic E-state index is 0.122. The zero-order chi connectivity index (χ0) is 33.7. The van der Waals surface area contributed by atoms with Crippen molar-refractivity contribution in [2.75, 3.05) is 37.0 Å². The highest BCUT2D eigenvalue weighted by Crippen LogP contribution is 2.40. The van der Waals surface area contributed by atoms with Crippen LogP contribution < -0.4 is 15.4 Å². The third-order valence-corrected chi connectivity index (χ3v) is 11.2. The van der Waals surface area contributed by atoms with E-state index in [-0.39, 0.29) is 16.8 Å². The number of sulfonamides is 1. The van der Waals surface area contributed by atoms with Crippen molar-refractivity contribution in [2.45, 2.75) is 76.8 Å². The molecule has 0 amide bonds. The molecule has 0 spiro atoms. The number of aryl methyl sites for hydroxylation is 1. The molecule has 1 aromatic carbocycles. The molecule has 252 valence electrons. The number of likely N-dealkylation sites (tertiary alicyclic amines) is 1. The summed E-state index contributed by atoms with van der Waals surface area (Å²) in [6.45, 7) is 7.15. The van der Waals surface area contributed by atoms with Gasteiger partial charge in [0.2, 0.25) is 16.0 Å². The van der Waals surface area contributed by atoms with Gasteiger partial charge in [-0.1, -0.05) is 6.07 Å². The molecule has 0 unspecified atom stereocenters. The van der Waals surface area contributed by atoms with Crippen LogP contribution in [0.3, 0.4) is 0 Å². The van der Waals surface area contributed by atoms with Gasteiger partial charge < -0.3 is 15.2 Å². The number of aromatic nitrogens is 3. The van der Waals surface area contributed by atoms with Crippen LogP contribution >= 0.6 is 11.3 Å². The van der Waals surface area contributed by atoms with Gasteiger partial charge in [-0.2, -0.15) is 23.4 Å². The van der Waals surface area contributed by atoms with Crippen LogP contribution in [-0.2, 0) is 29.5 Å². The van der Waals surface area contributed by atoms with Gasteiger partial charge >= 0.3 is 6.18 Å². The van der Waals surface area contributed by atoms with Gasteiger partial charge in [0.15, 0.2) is 0 Å². The summed E-state index contributed by atoms with van der Waals surface area (Å²) in [5, 5.41) is 18.0. The molecule has 0 atom stereocenters. The topological polar surface area (TPSA) is 128 Å². The van der Waals surface area contributed by atoms with E-state index in [9.17, 15) is 26.9 Å². The monoisotopic (exact) mass is 688 g/mol. The lowest BCUT2D eigenvalue weighted by Gasteiger charge is -2.45. The van der Waals surface area contributed by atoms with E-state index < -0.39 is 28.2 Å². The Labute approximate surface area is 276 Å². The summed E-state index contributed by atoms with van der Waals surface area (Å²) in [4.78, 5) is 12.1. The summed E-state index contributed by atoms with van der Waals surface area (Å²) in [5.74, 6) is 1.20. The molecule has 1 aliphatic heterocycles. The average molecular weight is 689 g/mol. The first kappa shape index (κ1) is 33.5. The quantitative estimate of drug-likeness (QED) is 0.192. The predicted molar refractivity (Wildman–Crippen MR) is 179 cm³/mol. The lowest BCUT2D eigenvalue weighted by Crippen LogP contribution is -2.55. The van der Waals surface area contributed by atoms with Crippen molar-refractivity contribution in [1.82, 2.24) is 24.2 Å². The Hall–Kier alpha value is -3.45. The number of hydrogen-bond acceptors (Lipinski definition) is 9. The van der Waals surface area contributed by atoms with E-state index in [4.69, 9.17) is 0 Å². The number of benzene rings is 1. The maximum atomic E-state index is 13.1. The molecular weight excluding hydrogens is 650 g/mol. The van der Waals surface area contributed by atoms with Crippen molar-refractivity contribution in [2.24, 2.45) is 5.92 Å². The van der Waals surface area contributed by atoms with Crippen molar-refractivity contribution in [3.8, 4) is 6.07 Å². The molecule has 0 radical (unpaired) electrons. The molecule has 0 bridgehead atoms. The summed E-state index contributed by atoms with van der Waals surface area (Å²) < 4.78 is 67.4. The van der Waals surface area contributed by atoms with Crippen LogP contribution in [0.5, 0.6) is 0 Å². The number of thiophene rings is 1. The number of nitrogens with one attached hydrogen (secondary N) is 3. The minimum Gasteiger partial charge on any atom is -0.367 e. The van der Waals surface area contributed by atoms with Crippen LogP contribution in [0.15, 0.2) is 24.3 Å². The van der Waals surface area contributed by atoms with Gasteiger partial charge in [0.1, 0.15) is 22.4 Å². The average Bonchev–Trinajstić information content (AvgIpc) is 3.53. The number of hydrogen-bond donors (Lipinski definition) is 3. The molecule has 4 heterocycles. The molecule has 1 saturated heterocycles. The molecular formula is C32H39F3N8O2S2. The van der Waals surface area contributed by atoms with Gasteiger partial charge in [0.05, 0.1) is 18.1 Å². The van der Waals surface area contributed by atoms with Crippen molar-refractivity contribution < 1.29 is 21.6 Å². The SMILES string of the molecule is CNc1nc(NC2CCN(Cc3ccc4c(cc(C#N)n4CC4CC(C)(NS(C)(=O)=O)C4)c3C)CC2)c2cc(CC(F)(F)F)sc2n1. The fraction of sp³-hybridized carbons (Fsp3) is 0.531. The highest BCUT2D eigenvalue weighted by atomic mass is 32.2. The Balaban J connectivity index is 1.10. The summed E-state index contributed by atoms with van der Waals surface area (Å²) in [6, 6.07) is 10.2. The van der Waals surface area contributed by atoms with Gasteiger partial charge in [-0.25, -0.2) is 18.1 Å². The first-order chi connectivity index (χ1) is 22.1. The van der Waals surface area contributed by atoms with Crippen LogP contribution in [0.1, 0.15) is 54.3 Å². The summed E-state index contributed by atoms with van der Waals surface area (Å²) in [7, 11) is -1.60. The standard InChI is InChI=1S/C32H39F3N8O2S2/c1-19-21(5-6-27-25(19)11-23(16-36)43(27)17-20-13-31(2,14-20)41-47(4,44)45)18-42-9-7-22(8-10-42)38-28-26-12-24(15-32(33,34)35)46-29(26)40-30(37-3)39-28/h5-6,11-12,20,22,41H,7-10,13-15,17-18H2,1-4H3,(H2,37,38,39,40). The summed E-state index contributed by atoms with van der Waals surface area (Å²) >= 11 is 1.04. The number of halogens is 3. The maximum absolute atomic E-state index is 13.1. The lowest BCUT2D eigenvalue weighted by molar-refractivity contribution is -0.126. The highest BCUT2D eigenvalue weighted by molar-refractivity contribution is 7.88. The van der Waals surface area contributed by atoms with Gasteiger partial charge in [0, 0.05) is 60.6 Å². The van der Waals surface area contributed by atoms with E-state index in [0.717, 1.165) is 73.1 Å². The number of rotatable bonds is 10. The number of nitrogens with zero attached hydrogens (tertiary/aromatic N) is 5. The largest absolute Gasteiger partial charge is 0.393 e. The third kappa shape index (κ3) is 7.51. The zero-order valence-corrected chi connectivity index (χ0v) is 28.5. The van der Waals surface area contributed by atoms with E-state index >= 15 is 0 Å². The van der Waals surface area contributed by atoms with Crippen molar-refractivity contribution in [1.29, 1.82) is 5.26 Å². The number of anilines is 2. The van der Waals surface area contributed by atoms with E-state index in [0.29, 0.717) is 34.2 Å². The van der Waals surface area contributed by atoms with E-state index in [1.807, 2.05) is 13.0 Å². The van der Waals surface area contributed by atoms with Gasteiger partial charge in [-0.05, 0) is 74.8 Å². The third-order valence-electron chi connectivity index (χ3n) is 9.30. The Morgan fingerprint density at radius 1 is 1.15 bits per heavy atom. The molecule has 10 nitrogen and oxygen atoms in total. The predicted octanol–water partition coefficient (Wildman–Crippen LogP) is 5.77. The summed E-state index contributed by atoms with van der Waals surface area (Å²) in [6.07, 6.45) is -0.947. The van der Waals surface area contributed by atoms with Crippen LogP contribution in [0, 0.1) is 24.2 Å². The number of piperidine rings is 1. The fourth-order valence-electron chi connectivity index (χ4n) is 7.26. The van der Waals surface area contributed by atoms with Crippen LogP contribution in [0.25, 0.3) is 21.1 Å². The first-order valence-electron chi connectivity index (χ1n) is 15.7. The van der Waals surface area contributed by atoms with Crippen LogP contribution in [0.4, 0.5) is 24.9 Å². The Morgan fingerprint density at radius 3 is 2.51 bits per heavy atom. The van der Waals surface area contributed by atoms with E-state index in [2.05, 4.69) is 59.9 Å². The number of nitriles is 1. The Kier molecular flexibility index (Phi) is 8.92. The molecule has 2 fully saturated rings. The van der Waals surface area contributed by atoms with Gasteiger partial charge in [-0.15, -0.1) is 11.3 Å². The van der Waals surface area contributed by atoms with E-state index in [1.54, 1.807) is 13.1 Å². The number of alkyl halides is 3. The Morgan fingerprint density at radius 2 is 1.87 bits per heavy atom. The molecule has 2 aliphatic rings. The smallest absolute Gasteiger partial charge is 0.367 e. The van der Waals surface area contributed by atoms with Crippen molar-refractivity contribution in [3.05, 3.63) is 46.0 Å². The minimum atomic E-state index is -4.29. The molecule has 1 aliphatic carbocycles. The lowest BCUT2D eigenvalue weighted by atomic mass is 9.70. The van der Waals surface area contributed by atoms with Gasteiger partial charge in [0.25, 0.3) is 0 Å². The highest BCUT2D eigenvalue weighted by Gasteiger charge is 2.42. The molecule has 3 N–H and O–H groups in total. The first-order valence-corrected chi connectivity index (χ1v) is 18.4. The molecule has 3 aromatic heterocycles. The van der Waals surface area contributed by atoms with Gasteiger partial charge in [-0.3, -0.25) is 4.90 Å². The fourth-order valence-corrected chi connectivity index (χ4v) is 9.38. The second-order valence-corrected chi connectivity index (χ2v) is 16.2.